The van der Waals surface area contributed by atoms with Crippen LogP contribution in [0.25, 0.3) is 22.2 Å². The number of piperazine rings is 1. The van der Waals surface area contributed by atoms with E-state index in [0.717, 1.165) is 19.3 Å². The fourth-order valence-corrected chi connectivity index (χ4v) is 7.77. The molecule has 0 bridgehead atoms. The number of aromatic nitrogens is 3. The molecule has 4 aromatic rings. The summed E-state index contributed by atoms with van der Waals surface area (Å²) in [4.78, 5) is 38.3. The molecule has 0 radical (unpaired) electrons. The molecule has 1 aliphatic carbocycles. The van der Waals surface area contributed by atoms with Gasteiger partial charge in [0.25, 0.3) is 10.0 Å². The first-order valence-corrected chi connectivity index (χ1v) is 17.9. The lowest BCUT2D eigenvalue weighted by Crippen LogP contribution is -2.55. The van der Waals surface area contributed by atoms with Crippen LogP contribution in [-0.2, 0) is 14.8 Å². The molecule has 48 heavy (non-hydrogen) atoms. The average molecular weight is 694 g/mol. The van der Waals surface area contributed by atoms with Gasteiger partial charge in [-0.05, 0) is 64.7 Å². The zero-order chi connectivity index (χ0) is 34.1. The molecule has 12 nitrogen and oxygen atoms in total. The summed E-state index contributed by atoms with van der Waals surface area (Å²) in [6.45, 7) is 7.21. The number of rotatable bonds is 6. The molecule has 2 N–H and O–H groups in total. The molecular weight excluding hydrogens is 654 g/mol. The smallest absolute Gasteiger partial charge is 0.410 e. The van der Waals surface area contributed by atoms with Crippen molar-refractivity contribution >= 4 is 50.6 Å². The van der Waals surface area contributed by atoms with Gasteiger partial charge in [-0.3, -0.25) is 0 Å². The number of carbonyl (C=O) groups is 2. The number of hydrogen-bond acceptors (Lipinski definition) is 8. The first kappa shape index (κ1) is 33.5. The molecule has 1 saturated carbocycles. The van der Waals surface area contributed by atoms with E-state index in [1.54, 1.807) is 58.5 Å². The number of nitrogens with one attached hydrogen (secondary N) is 2. The van der Waals surface area contributed by atoms with Crippen LogP contribution in [0.5, 0.6) is 0 Å². The van der Waals surface area contributed by atoms with E-state index in [2.05, 4.69) is 15.6 Å². The van der Waals surface area contributed by atoms with E-state index >= 15 is 0 Å². The van der Waals surface area contributed by atoms with E-state index in [9.17, 15) is 18.0 Å². The van der Waals surface area contributed by atoms with Crippen LogP contribution in [0.4, 0.5) is 15.5 Å². The van der Waals surface area contributed by atoms with Crippen molar-refractivity contribution in [3.8, 4) is 11.3 Å². The Kier molecular flexibility index (Phi) is 9.53. The minimum absolute atomic E-state index is 0.00175. The minimum Gasteiger partial charge on any atom is -0.444 e. The summed E-state index contributed by atoms with van der Waals surface area (Å²) in [5, 5.41) is 7.58. The molecule has 2 atom stereocenters. The van der Waals surface area contributed by atoms with Crippen molar-refractivity contribution in [3.05, 3.63) is 72.0 Å². The first-order chi connectivity index (χ1) is 22.9. The van der Waals surface area contributed by atoms with Gasteiger partial charge < -0.3 is 25.2 Å². The first-order valence-electron chi connectivity index (χ1n) is 16.1. The summed E-state index contributed by atoms with van der Waals surface area (Å²) in [6, 6.07) is 15.3. The monoisotopic (exact) mass is 693 g/mol. The zero-order valence-corrected chi connectivity index (χ0v) is 28.8. The number of anilines is 1. The predicted octanol–water partition coefficient (Wildman–Crippen LogP) is 5.97. The van der Waals surface area contributed by atoms with E-state index in [0.29, 0.717) is 65.7 Å². The average Bonchev–Trinajstić information content (AvgIpc) is 3.46. The van der Waals surface area contributed by atoms with Crippen molar-refractivity contribution < 1.29 is 22.7 Å². The van der Waals surface area contributed by atoms with Crippen LogP contribution in [0.2, 0.25) is 5.02 Å². The third-order valence-electron chi connectivity index (χ3n) is 8.53. The van der Waals surface area contributed by atoms with Gasteiger partial charge in [0.15, 0.2) is 0 Å². The van der Waals surface area contributed by atoms with E-state index in [1.165, 1.54) is 10.2 Å². The predicted molar refractivity (Wildman–Crippen MR) is 185 cm³/mol. The number of amides is 3. The molecule has 0 unspecified atom stereocenters. The molecule has 1 saturated heterocycles. The maximum Gasteiger partial charge on any atom is 0.410 e. The number of benzene rings is 2. The van der Waals surface area contributed by atoms with Crippen molar-refractivity contribution in [2.75, 3.05) is 31.5 Å². The van der Waals surface area contributed by atoms with E-state index in [1.807, 2.05) is 32.9 Å². The van der Waals surface area contributed by atoms with Crippen LogP contribution in [0.15, 0.2) is 71.9 Å². The second-order valence-corrected chi connectivity index (χ2v) is 15.4. The number of halogens is 1. The van der Waals surface area contributed by atoms with Gasteiger partial charge in [0, 0.05) is 55.4 Å². The summed E-state index contributed by atoms with van der Waals surface area (Å²) >= 11 is 6.63. The second kappa shape index (κ2) is 13.6. The summed E-state index contributed by atoms with van der Waals surface area (Å²) in [5.74, 6) is 0.368. The fourth-order valence-electron chi connectivity index (χ4n) is 6.19. The van der Waals surface area contributed by atoms with Gasteiger partial charge in [-0.2, -0.15) is 0 Å². The molecule has 6 rings (SSSR count). The van der Waals surface area contributed by atoms with Crippen molar-refractivity contribution in [3.63, 3.8) is 0 Å². The molecule has 3 amide bonds. The quantitative estimate of drug-likeness (QED) is 0.252. The molecule has 14 heteroatoms. The van der Waals surface area contributed by atoms with Gasteiger partial charge in [0.1, 0.15) is 5.60 Å². The SMILES string of the molecule is CC(C)(C)OC(=O)N1CCN(C(=O)N[C@H]2CCC[C@@H](Nc3ncc(Cl)c(-c4cn(S(=O)(=O)c5ccccc5)c5ccccc45)n3)C2)CC1. The van der Waals surface area contributed by atoms with E-state index in [-0.39, 0.29) is 29.1 Å². The molecular formula is C34H40ClN7O5S. The highest BCUT2D eigenvalue weighted by Crippen LogP contribution is 2.36. The molecule has 1 aliphatic heterocycles. The molecule has 2 aromatic heterocycles. The lowest BCUT2D eigenvalue weighted by atomic mass is 9.91. The number of nitrogens with zero attached hydrogens (tertiary/aromatic N) is 5. The van der Waals surface area contributed by atoms with Crippen molar-refractivity contribution in [1.29, 1.82) is 0 Å². The number of fused-ring (bicyclic) bond motifs is 1. The summed E-state index contributed by atoms with van der Waals surface area (Å²) in [7, 11) is -3.88. The lowest BCUT2D eigenvalue weighted by Gasteiger charge is -2.37. The third-order valence-corrected chi connectivity index (χ3v) is 10.5. The van der Waals surface area contributed by atoms with Gasteiger partial charge in [0.2, 0.25) is 5.95 Å². The topological polar surface area (TPSA) is 139 Å². The molecule has 2 aliphatic rings. The molecule has 0 spiro atoms. The number of para-hydroxylation sites is 1. The highest BCUT2D eigenvalue weighted by Gasteiger charge is 2.30. The standard InChI is InChI=1S/C34H40ClN7O5S/c1-34(2,3)47-33(44)41-18-16-40(17-19-41)32(43)38-24-11-9-10-23(20-24)37-31-36-21-28(35)30(39-31)27-22-42(29-15-8-7-14-26(27)29)48(45,46)25-12-5-4-6-13-25/h4-8,12-15,21-24H,9-11,16-20H2,1-3H3,(H,38,43)(H,36,37,39)/t23-,24+/m1/s1. The second-order valence-electron chi connectivity index (χ2n) is 13.2. The van der Waals surface area contributed by atoms with Crippen LogP contribution in [0.3, 0.4) is 0 Å². The Hall–Kier alpha value is -4.36. The fraction of sp³-hybridized carbons (Fsp3) is 0.412. The Balaban J connectivity index is 1.13. The molecule has 3 heterocycles. The maximum atomic E-state index is 13.6. The number of ether oxygens (including phenoxy) is 1. The normalized spacial score (nSPS) is 18.8. The largest absolute Gasteiger partial charge is 0.444 e. The minimum atomic E-state index is -3.88. The summed E-state index contributed by atoms with van der Waals surface area (Å²) in [6.07, 6.45) is 6.02. The van der Waals surface area contributed by atoms with Crippen LogP contribution in [-0.4, -0.2) is 88.1 Å². The Morgan fingerprint density at radius 1 is 0.938 bits per heavy atom. The third kappa shape index (κ3) is 7.36. The van der Waals surface area contributed by atoms with Crippen LogP contribution >= 0.6 is 11.6 Å². The maximum absolute atomic E-state index is 13.6. The van der Waals surface area contributed by atoms with Gasteiger partial charge in [-0.15, -0.1) is 0 Å². The number of carbonyl (C=O) groups excluding carboxylic acids is 2. The number of hydrogen-bond donors (Lipinski definition) is 2. The Bertz CT molecular complexity index is 1900. The van der Waals surface area contributed by atoms with E-state index in [4.69, 9.17) is 21.3 Å². The van der Waals surface area contributed by atoms with Gasteiger partial charge in [0.05, 0.1) is 27.3 Å². The molecule has 2 fully saturated rings. The zero-order valence-electron chi connectivity index (χ0n) is 27.2. The summed E-state index contributed by atoms with van der Waals surface area (Å²) < 4.78 is 34.0. The molecule has 2 aromatic carbocycles. The van der Waals surface area contributed by atoms with Crippen LogP contribution in [0, 0.1) is 0 Å². The van der Waals surface area contributed by atoms with Gasteiger partial charge in [-0.25, -0.2) is 31.9 Å². The summed E-state index contributed by atoms with van der Waals surface area (Å²) in [5.41, 5.74) is 0.930. The lowest BCUT2D eigenvalue weighted by molar-refractivity contribution is 0.0168. The van der Waals surface area contributed by atoms with Gasteiger partial charge in [-0.1, -0.05) is 48.0 Å². The Labute approximate surface area is 285 Å². The van der Waals surface area contributed by atoms with Crippen molar-refractivity contribution in [1.82, 2.24) is 29.1 Å². The Morgan fingerprint density at radius 2 is 1.60 bits per heavy atom. The highest BCUT2D eigenvalue weighted by atomic mass is 35.5. The van der Waals surface area contributed by atoms with Crippen LogP contribution in [0.1, 0.15) is 46.5 Å². The Morgan fingerprint density at radius 3 is 2.33 bits per heavy atom. The van der Waals surface area contributed by atoms with Crippen LogP contribution < -0.4 is 10.6 Å². The highest BCUT2D eigenvalue weighted by molar-refractivity contribution is 7.90. The van der Waals surface area contributed by atoms with E-state index < -0.39 is 15.6 Å². The number of urea groups is 1. The molecule has 254 valence electrons. The van der Waals surface area contributed by atoms with Gasteiger partial charge >= 0.3 is 12.1 Å². The van der Waals surface area contributed by atoms with Crippen molar-refractivity contribution in [2.45, 2.75) is 69.0 Å². The van der Waals surface area contributed by atoms with Crippen molar-refractivity contribution in [2.24, 2.45) is 0 Å².